The number of pyridine rings is 2. The zero-order valence-electron chi connectivity index (χ0n) is 19.7. The molecule has 2 aliphatic heterocycles. The maximum atomic E-state index is 12.5. The molecule has 4 heterocycles. The summed E-state index contributed by atoms with van der Waals surface area (Å²) in [6.07, 6.45) is -1.02. The summed E-state index contributed by atoms with van der Waals surface area (Å²) in [5.41, 5.74) is 1.12. The Labute approximate surface area is 212 Å². The second-order valence-corrected chi connectivity index (χ2v) is 8.35. The number of halogens is 6. The topological polar surface area (TPSA) is 124 Å². The Morgan fingerprint density at radius 1 is 0.895 bits per heavy atom. The number of carboxylic acid groups (broad SMARTS) is 2. The van der Waals surface area contributed by atoms with Crippen LogP contribution in [0.4, 0.5) is 32.2 Å². The number of piperidine rings is 1. The van der Waals surface area contributed by atoms with Crippen LogP contribution in [-0.2, 0) is 20.9 Å². The van der Waals surface area contributed by atoms with Crippen molar-refractivity contribution in [2.24, 2.45) is 0 Å². The van der Waals surface area contributed by atoms with E-state index in [0.29, 0.717) is 13.0 Å². The monoisotopic (exact) mass is 550 g/mol. The molecule has 1 spiro atoms. The highest BCUT2D eigenvalue weighted by Gasteiger charge is 2.47. The number of aromatic nitrogens is 2. The number of amides is 1. The van der Waals surface area contributed by atoms with E-state index in [1.165, 1.54) is 0 Å². The lowest BCUT2D eigenvalue weighted by Crippen LogP contribution is -2.53. The van der Waals surface area contributed by atoms with Gasteiger partial charge in [-0.15, -0.1) is 0 Å². The zero-order chi connectivity index (χ0) is 28.6. The molecule has 2 fully saturated rings. The van der Waals surface area contributed by atoms with E-state index in [0.717, 1.165) is 43.7 Å². The Balaban J connectivity index is 0.000000301. The zero-order valence-corrected chi connectivity index (χ0v) is 19.7. The lowest BCUT2D eigenvalue weighted by molar-refractivity contribution is -0.193. The Morgan fingerprint density at radius 3 is 1.92 bits per heavy atom. The van der Waals surface area contributed by atoms with Crippen molar-refractivity contribution < 1.29 is 50.9 Å². The van der Waals surface area contributed by atoms with Crippen molar-refractivity contribution in [3.05, 3.63) is 54.5 Å². The predicted molar refractivity (Wildman–Crippen MR) is 120 cm³/mol. The van der Waals surface area contributed by atoms with E-state index in [4.69, 9.17) is 19.8 Å². The Bertz CT molecular complexity index is 1050. The lowest BCUT2D eigenvalue weighted by Gasteiger charge is -2.45. The fraction of sp³-hybridized carbons (Fsp3) is 0.435. The van der Waals surface area contributed by atoms with Crippen LogP contribution in [0.15, 0.2) is 48.9 Å². The van der Waals surface area contributed by atoms with E-state index < -0.39 is 24.3 Å². The first-order chi connectivity index (χ1) is 17.7. The smallest absolute Gasteiger partial charge is 0.475 e. The molecule has 4 rings (SSSR count). The van der Waals surface area contributed by atoms with Gasteiger partial charge in [0.05, 0.1) is 0 Å². The fourth-order valence-electron chi connectivity index (χ4n) is 4.02. The van der Waals surface area contributed by atoms with Gasteiger partial charge in [-0.2, -0.15) is 26.3 Å². The van der Waals surface area contributed by atoms with E-state index in [2.05, 4.69) is 31.9 Å². The summed E-state index contributed by atoms with van der Waals surface area (Å²) in [5, 5.41) is 14.2. The average molecular weight is 550 g/mol. The van der Waals surface area contributed by atoms with Crippen LogP contribution in [-0.4, -0.2) is 73.9 Å². The van der Waals surface area contributed by atoms with Gasteiger partial charge >= 0.3 is 24.3 Å². The minimum Gasteiger partial charge on any atom is -0.475 e. The number of alkyl halides is 6. The summed E-state index contributed by atoms with van der Waals surface area (Å²) in [7, 11) is 0. The largest absolute Gasteiger partial charge is 0.490 e. The second-order valence-electron chi connectivity index (χ2n) is 8.35. The third-order valence-corrected chi connectivity index (χ3v) is 5.89. The summed E-state index contributed by atoms with van der Waals surface area (Å²) in [5.74, 6) is -4.19. The van der Waals surface area contributed by atoms with Crippen molar-refractivity contribution in [2.75, 3.05) is 18.0 Å². The summed E-state index contributed by atoms with van der Waals surface area (Å²) >= 11 is 0. The van der Waals surface area contributed by atoms with Crippen LogP contribution < -0.4 is 4.90 Å². The third-order valence-electron chi connectivity index (χ3n) is 5.89. The molecule has 0 saturated carbocycles. The van der Waals surface area contributed by atoms with Crippen molar-refractivity contribution in [3.8, 4) is 0 Å². The Morgan fingerprint density at radius 2 is 1.47 bits per heavy atom. The van der Waals surface area contributed by atoms with E-state index in [9.17, 15) is 31.1 Å². The van der Waals surface area contributed by atoms with Crippen molar-refractivity contribution in [1.82, 2.24) is 14.9 Å². The molecule has 38 heavy (non-hydrogen) atoms. The summed E-state index contributed by atoms with van der Waals surface area (Å²) < 4.78 is 63.5. The van der Waals surface area contributed by atoms with Crippen LogP contribution in [0.5, 0.6) is 0 Å². The van der Waals surface area contributed by atoms with E-state index in [1.54, 1.807) is 6.20 Å². The van der Waals surface area contributed by atoms with Gasteiger partial charge in [0.2, 0.25) is 5.91 Å². The normalized spacial score (nSPS) is 16.7. The molecule has 2 N–H and O–H groups in total. The van der Waals surface area contributed by atoms with Crippen molar-refractivity contribution in [2.45, 2.75) is 50.1 Å². The van der Waals surface area contributed by atoms with Crippen molar-refractivity contribution >= 4 is 23.7 Å². The Hall–Kier alpha value is -3.91. The fourth-order valence-corrected chi connectivity index (χ4v) is 4.02. The van der Waals surface area contributed by atoms with Gasteiger partial charge < -0.3 is 20.0 Å². The van der Waals surface area contributed by atoms with E-state index >= 15 is 0 Å². The van der Waals surface area contributed by atoms with Crippen LogP contribution >= 0.6 is 0 Å². The average Bonchev–Trinajstić information content (AvgIpc) is 3.15. The number of rotatable bonds is 3. The molecular weight excluding hydrogens is 526 g/mol. The minimum absolute atomic E-state index is 0.0121. The van der Waals surface area contributed by atoms with Crippen LogP contribution in [0.3, 0.4) is 0 Å². The van der Waals surface area contributed by atoms with Crippen LogP contribution in [0.2, 0.25) is 0 Å². The minimum atomic E-state index is -5.08. The molecule has 0 atom stereocenters. The van der Waals surface area contributed by atoms with E-state index in [1.807, 2.05) is 30.6 Å². The van der Waals surface area contributed by atoms with E-state index in [-0.39, 0.29) is 11.4 Å². The van der Waals surface area contributed by atoms with Gasteiger partial charge in [-0.25, -0.2) is 14.6 Å². The maximum Gasteiger partial charge on any atom is 0.490 e. The summed E-state index contributed by atoms with van der Waals surface area (Å²) in [6.45, 7) is 2.58. The van der Waals surface area contributed by atoms with Gasteiger partial charge in [-0.3, -0.25) is 9.78 Å². The summed E-state index contributed by atoms with van der Waals surface area (Å²) in [4.78, 5) is 43.4. The molecule has 15 heteroatoms. The highest BCUT2D eigenvalue weighted by atomic mass is 19.4. The molecule has 1 amide bonds. The molecule has 2 aromatic heterocycles. The molecule has 0 aliphatic carbocycles. The van der Waals surface area contributed by atoms with Gasteiger partial charge in [0, 0.05) is 50.2 Å². The second kappa shape index (κ2) is 12.6. The van der Waals surface area contributed by atoms with Crippen molar-refractivity contribution in [3.63, 3.8) is 0 Å². The van der Waals surface area contributed by atoms with Crippen LogP contribution in [0.25, 0.3) is 0 Å². The number of aliphatic carboxylic acids is 2. The number of carbonyl (C=O) groups excluding carboxylic acids is 1. The highest BCUT2D eigenvalue weighted by molar-refractivity contribution is 5.80. The number of carboxylic acids is 2. The molecule has 0 unspecified atom stereocenters. The van der Waals surface area contributed by atoms with Gasteiger partial charge in [0.25, 0.3) is 0 Å². The molecule has 208 valence electrons. The molecule has 0 radical (unpaired) electrons. The van der Waals surface area contributed by atoms with Crippen molar-refractivity contribution in [1.29, 1.82) is 0 Å². The Kier molecular flexibility index (Phi) is 10.0. The van der Waals surface area contributed by atoms with Gasteiger partial charge in [0.15, 0.2) is 0 Å². The van der Waals surface area contributed by atoms with Gasteiger partial charge in [-0.1, -0.05) is 12.1 Å². The summed E-state index contributed by atoms with van der Waals surface area (Å²) in [6, 6.07) is 10.0. The van der Waals surface area contributed by atoms with Gasteiger partial charge in [-0.05, 0) is 43.0 Å². The maximum absolute atomic E-state index is 12.5. The first kappa shape index (κ1) is 30.3. The molecule has 2 aromatic rings. The van der Waals surface area contributed by atoms with Crippen LogP contribution in [0.1, 0.15) is 31.2 Å². The lowest BCUT2D eigenvalue weighted by atomic mass is 9.84. The first-order valence-corrected chi connectivity index (χ1v) is 11.1. The highest BCUT2D eigenvalue weighted by Crippen LogP contribution is 2.40. The number of hydrogen-bond acceptors (Lipinski definition) is 6. The molecule has 2 aliphatic rings. The predicted octanol–water partition coefficient (Wildman–Crippen LogP) is 3.90. The third kappa shape index (κ3) is 8.59. The number of carbonyl (C=O) groups is 3. The van der Waals surface area contributed by atoms with Crippen LogP contribution in [0, 0.1) is 0 Å². The van der Waals surface area contributed by atoms with Gasteiger partial charge in [0.1, 0.15) is 5.82 Å². The number of likely N-dealkylation sites (tertiary alicyclic amines) is 1. The molecular formula is C23H24F6N4O5. The number of anilines is 1. The number of nitrogens with zero attached hydrogens (tertiary/aromatic N) is 4. The first-order valence-electron chi connectivity index (χ1n) is 11.1. The number of hydrogen-bond donors (Lipinski definition) is 2. The quantitative estimate of drug-likeness (QED) is 0.552. The SMILES string of the molecule is O=C(O)C(F)(F)F.O=C(O)C(F)(F)F.O=C1CCC2(CCN(c3ccccn3)CC2)N1Cc1cccnc1. The molecule has 0 aromatic carbocycles. The molecule has 9 nitrogen and oxygen atoms in total. The standard InChI is InChI=1S/C19H22N4O.2C2HF3O2/c24-18-6-7-19(23(18)15-16-4-3-10-20-14-16)8-12-22(13-9-19)17-5-1-2-11-21-17;2*3-2(4,5)1(6)7/h1-5,10-11,14H,6-9,12-13,15H2;2*(H,6,7). The molecule has 2 saturated heterocycles. The molecule has 0 bridgehead atoms.